The van der Waals surface area contributed by atoms with Gasteiger partial charge in [-0.25, -0.2) is 4.79 Å². The number of nitrogens with one attached hydrogen (secondary N) is 2. The van der Waals surface area contributed by atoms with Crippen LogP contribution in [0.3, 0.4) is 0 Å². The fraction of sp³-hybridized carbons (Fsp3) is 0.944. The molecular weight excluding hydrogens is 290 g/mol. The second-order valence-corrected chi connectivity index (χ2v) is 7.97. The summed E-state index contributed by atoms with van der Waals surface area (Å²) >= 11 is 0. The first-order chi connectivity index (χ1) is 10.7. The second kappa shape index (κ2) is 9.48. The molecule has 2 unspecified atom stereocenters. The van der Waals surface area contributed by atoms with Gasteiger partial charge in [-0.15, -0.1) is 0 Å². The summed E-state index contributed by atoms with van der Waals surface area (Å²) in [6, 6.07) is 0.673. The van der Waals surface area contributed by atoms with Gasteiger partial charge >= 0.3 is 6.09 Å². The molecule has 0 bridgehead atoms. The quantitative estimate of drug-likeness (QED) is 0.720. The van der Waals surface area contributed by atoms with E-state index in [-0.39, 0.29) is 6.09 Å². The van der Waals surface area contributed by atoms with Gasteiger partial charge in [-0.2, -0.15) is 0 Å². The van der Waals surface area contributed by atoms with Crippen molar-refractivity contribution in [1.29, 1.82) is 0 Å². The van der Waals surface area contributed by atoms with E-state index in [0.29, 0.717) is 24.4 Å². The Labute approximate surface area is 142 Å². The van der Waals surface area contributed by atoms with Gasteiger partial charge in [0.1, 0.15) is 5.60 Å². The van der Waals surface area contributed by atoms with Gasteiger partial charge in [0.2, 0.25) is 0 Å². The van der Waals surface area contributed by atoms with E-state index in [1.165, 1.54) is 19.4 Å². The molecule has 1 aliphatic rings. The van der Waals surface area contributed by atoms with Crippen molar-refractivity contribution in [3.8, 4) is 0 Å². The largest absolute Gasteiger partial charge is 0.444 e. The molecule has 1 saturated heterocycles. The number of likely N-dealkylation sites (tertiary alicyclic amines) is 1. The van der Waals surface area contributed by atoms with Crippen molar-refractivity contribution in [3.63, 3.8) is 0 Å². The number of amides is 1. The average Bonchev–Trinajstić information content (AvgIpc) is 2.87. The van der Waals surface area contributed by atoms with Crippen LogP contribution in [0.15, 0.2) is 0 Å². The zero-order valence-electron chi connectivity index (χ0n) is 15.9. The maximum absolute atomic E-state index is 11.8. The minimum atomic E-state index is -0.443. The van der Waals surface area contributed by atoms with E-state index < -0.39 is 5.60 Å². The predicted molar refractivity (Wildman–Crippen MR) is 95.7 cm³/mol. The van der Waals surface area contributed by atoms with Gasteiger partial charge in [-0.3, -0.25) is 4.90 Å². The van der Waals surface area contributed by atoms with Crippen molar-refractivity contribution in [2.75, 3.05) is 32.7 Å². The molecule has 5 nitrogen and oxygen atoms in total. The molecule has 1 amide bonds. The molecule has 1 rings (SSSR count). The van der Waals surface area contributed by atoms with Crippen LogP contribution in [0.2, 0.25) is 0 Å². The Bertz CT molecular complexity index is 353. The van der Waals surface area contributed by atoms with Crippen LogP contribution in [0.5, 0.6) is 0 Å². The number of hydrogen-bond acceptors (Lipinski definition) is 4. The van der Waals surface area contributed by atoms with Crippen LogP contribution >= 0.6 is 0 Å². The highest BCUT2D eigenvalue weighted by atomic mass is 16.6. The topological polar surface area (TPSA) is 53.6 Å². The third-order valence-corrected chi connectivity index (χ3v) is 4.54. The minimum Gasteiger partial charge on any atom is -0.444 e. The summed E-state index contributed by atoms with van der Waals surface area (Å²) < 4.78 is 5.31. The minimum absolute atomic E-state index is 0.323. The third kappa shape index (κ3) is 8.02. The van der Waals surface area contributed by atoms with Gasteiger partial charge in [0.25, 0.3) is 0 Å². The van der Waals surface area contributed by atoms with Crippen molar-refractivity contribution in [1.82, 2.24) is 15.5 Å². The lowest BCUT2D eigenvalue weighted by Gasteiger charge is -2.26. The smallest absolute Gasteiger partial charge is 0.407 e. The molecule has 136 valence electrons. The predicted octanol–water partition coefficient (Wildman–Crippen LogP) is 2.86. The zero-order valence-corrected chi connectivity index (χ0v) is 15.9. The molecule has 1 fully saturated rings. The van der Waals surface area contributed by atoms with Gasteiger partial charge in [-0.05, 0) is 65.1 Å². The molecule has 0 aromatic rings. The SMILES string of the molecule is CCN1CCCC1CNCC(CNC(=O)OC(C)(C)C)C(C)C. The van der Waals surface area contributed by atoms with Crippen molar-refractivity contribution < 1.29 is 9.53 Å². The Morgan fingerprint density at radius 1 is 1.30 bits per heavy atom. The molecule has 23 heavy (non-hydrogen) atoms. The third-order valence-electron chi connectivity index (χ3n) is 4.54. The van der Waals surface area contributed by atoms with Crippen LogP contribution in [0.25, 0.3) is 0 Å². The van der Waals surface area contributed by atoms with Crippen LogP contribution in [0.1, 0.15) is 54.4 Å². The maximum atomic E-state index is 11.8. The molecule has 2 N–H and O–H groups in total. The number of carbonyl (C=O) groups is 1. The fourth-order valence-electron chi connectivity index (χ4n) is 3.05. The molecule has 1 aliphatic heterocycles. The summed E-state index contributed by atoms with van der Waals surface area (Å²) in [7, 11) is 0. The van der Waals surface area contributed by atoms with Crippen molar-refractivity contribution in [3.05, 3.63) is 0 Å². The zero-order chi connectivity index (χ0) is 17.5. The highest BCUT2D eigenvalue weighted by molar-refractivity contribution is 5.67. The number of nitrogens with zero attached hydrogens (tertiary/aromatic N) is 1. The first kappa shape index (κ1) is 20.2. The molecule has 5 heteroatoms. The number of carbonyl (C=O) groups excluding carboxylic acids is 1. The van der Waals surface area contributed by atoms with Gasteiger partial charge in [-0.1, -0.05) is 20.8 Å². The Hall–Kier alpha value is -0.810. The Morgan fingerprint density at radius 2 is 2.00 bits per heavy atom. The molecule has 0 aliphatic carbocycles. The highest BCUT2D eigenvalue weighted by Gasteiger charge is 2.23. The lowest BCUT2D eigenvalue weighted by molar-refractivity contribution is 0.0514. The highest BCUT2D eigenvalue weighted by Crippen LogP contribution is 2.16. The van der Waals surface area contributed by atoms with Gasteiger partial charge in [0.05, 0.1) is 0 Å². The Morgan fingerprint density at radius 3 is 2.57 bits per heavy atom. The van der Waals surface area contributed by atoms with Crippen LogP contribution < -0.4 is 10.6 Å². The lowest BCUT2D eigenvalue weighted by atomic mass is 9.95. The first-order valence-electron chi connectivity index (χ1n) is 9.14. The molecule has 2 atom stereocenters. The van der Waals surface area contributed by atoms with Crippen molar-refractivity contribution in [2.24, 2.45) is 11.8 Å². The summed E-state index contributed by atoms with van der Waals surface area (Å²) in [5, 5.41) is 6.52. The monoisotopic (exact) mass is 327 g/mol. The number of hydrogen-bond donors (Lipinski definition) is 2. The van der Waals surface area contributed by atoms with Crippen LogP contribution in [-0.2, 0) is 4.74 Å². The van der Waals surface area contributed by atoms with E-state index in [0.717, 1.165) is 19.6 Å². The van der Waals surface area contributed by atoms with Crippen molar-refractivity contribution >= 4 is 6.09 Å². The van der Waals surface area contributed by atoms with E-state index in [1.54, 1.807) is 0 Å². The fourth-order valence-corrected chi connectivity index (χ4v) is 3.05. The van der Waals surface area contributed by atoms with E-state index >= 15 is 0 Å². The second-order valence-electron chi connectivity index (χ2n) is 7.97. The number of rotatable bonds is 8. The summed E-state index contributed by atoms with van der Waals surface area (Å²) in [5.74, 6) is 0.933. The molecule has 0 aromatic carbocycles. The van der Waals surface area contributed by atoms with Gasteiger partial charge < -0.3 is 15.4 Å². The van der Waals surface area contributed by atoms with Crippen LogP contribution in [-0.4, -0.2) is 55.4 Å². The normalized spacial score (nSPS) is 20.7. The Kier molecular flexibility index (Phi) is 8.34. The van der Waals surface area contributed by atoms with E-state index in [1.807, 2.05) is 20.8 Å². The molecule has 1 heterocycles. The molecule has 0 saturated carbocycles. The average molecular weight is 328 g/mol. The molecular formula is C18H37N3O2. The summed E-state index contributed by atoms with van der Waals surface area (Å²) in [6.45, 7) is 17.3. The van der Waals surface area contributed by atoms with Gasteiger partial charge in [0.15, 0.2) is 0 Å². The number of ether oxygens (including phenoxy) is 1. The standard InChI is InChI=1S/C18H37N3O2/c1-7-21-10-8-9-16(21)13-19-11-15(14(2)3)12-20-17(22)23-18(4,5)6/h14-16,19H,7-13H2,1-6H3,(H,20,22). The number of likely N-dealkylation sites (N-methyl/N-ethyl adjacent to an activating group) is 1. The maximum Gasteiger partial charge on any atom is 0.407 e. The number of alkyl carbamates (subject to hydrolysis) is 1. The van der Waals surface area contributed by atoms with Crippen molar-refractivity contribution in [2.45, 2.75) is 66.0 Å². The van der Waals surface area contributed by atoms with Crippen LogP contribution in [0.4, 0.5) is 4.79 Å². The first-order valence-corrected chi connectivity index (χ1v) is 9.14. The Balaban J connectivity index is 2.30. The summed E-state index contributed by atoms with van der Waals surface area (Å²) in [5.41, 5.74) is -0.443. The van der Waals surface area contributed by atoms with E-state index in [4.69, 9.17) is 4.74 Å². The van der Waals surface area contributed by atoms with Crippen LogP contribution in [0, 0.1) is 11.8 Å². The summed E-state index contributed by atoms with van der Waals surface area (Å²) in [6.07, 6.45) is 2.29. The molecule has 0 radical (unpaired) electrons. The summed E-state index contributed by atoms with van der Waals surface area (Å²) in [4.78, 5) is 14.3. The molecule has 0 aromatic heterocycles. The molecule has 0 spiro atoms. The lowest BCUT2D eigenvalue weighted by Crippen LogP contribution is -2.43. The van der Waals surface area contributed by atoms with Gasteiger partial charge in [0, 0.05) is 19.1 Å². The van der Waals surface area contributed by atoms with E-state index in [9.17, 15) is 4.79 Å². The van der Waals surface area contributed by atoms with E-state index in [2.05, 4.69) is 36.3 Å².